The molecule has 1 aromatic heterocycles. The second-order valence-corrected chi connectivity index (χ2v) is 6.47. The number of rotatable bonds is 1. The molecule has 0 aromatic carbocycles. The van der Waals surface area contributed by atoms with Crippen LogP contribution in [0.1, 0.15) is 31.7 Å². The summed E-state index contributed by atoms with van der Waals surface area (Å²) >= 11 is 8.26. The second kappa shape index (κ2) is 5.26. The zero-order chi connectivity index (χ0) is 12.6. The summed E-state index contributed by atoms with van der Waals surface area (Å²) in [6, 6.07) is 0.401. The predicted octanol–water partition coefficient (Wildman–Crippen LogP) is 3.04. The summed E-state index contributed by atoms with van der Waals surface area (Å²) in [7, 11) is 0. The van der Waals surface area contributed by atoms with Gasteiger partial charge >= 0.3 is 0 Å². The first-order chi connectivity index (χ1) is 8.69. The normalized spacial score (nSPS) is 27.6. The molecule has 1 spiro atoms. The summed E-state index contributed by atoms with van der Waals surface area (Å²) in [5, 5.41) is 5.24. The molecule has 100 valence electrons. The van der Waals surface area contributed by atoms with Crippen LogP contribution < -0.4 is 0 Å². The fourth-order valence-corrected chi connectivity index (χ4v) is 3.38. The van der Waals surface area contributed by atoms with Crippen molar-refractivity contribution in [3.05, 3.63) is 14.9 Å². The van der Waals surface area contributed by atoms with Gasteiger partial charge in [-0.05, 0) is 48.3 Å². The van der Waals surface area contributed by atoms with Crippen molar-refractivity contribution in [1.82, 2.24) is 9.78 Å². The molecule has 1 unspecified atom stereocenters. The second-order valence-electron chi connectivity index (χ2n) is 5.04. The van der Waals surface area contributed by atoms with E-state index in [0.29, 0.717) is 6.04 Å². The Balaban J connectivity index is 1.77. The third-order valence-electron chi connectivity index (χ3n) is 3.89. The molecule has 18 heavy (non-hydrogen) atoms. The zero-order valence-corrected chi connectivity index (χ0v) is 13.0. The Morgan fingerprint density at radius 1 is 1.39 bits per heavy atom. The molecule has 0 radical (unpaired) electrons. The average Bonchev–Trinajstić information content (AvgIpc) is 2.71. The van der Waals surface area contributed by atoms with Crippen LogP contribution in [-0.2, 0) is 9.47 Å². The van der Waals surface area contributed by atoms with Crippen molar-refractivity contribution >= 4 is 34.2 Å². The molecule has 4 nitrogen and oxygen atoms in total. The number of nitrogens with zero attached hydrogens (tertiary/aromatic N) is 2. The minimum atomic E-state index is 0.00499. The van der Waals surface area contributed by atoms with Crippen LogP contribution in [0.4, 0.5) is 0 Å². The summed E-state index contributed by atoms with van der Waals surface area (Å²) in [4.78, 5) is 0. The summed E-state index contributed by atoms with van der Waals surface area (Å²) in [5.41, 5.74) is 0.00499. The van der Waals surface area contributed by atoms with Crippen molar-refractivity contribution in [2.75, 3.05) is 19.8 Å². The maximum absolute atomic E-state index is 6.08. The number of aromatic nitrogens is 2. The molecular weight excluding hydrogens is 367 g/mol. The molecular formula is C12H16ClIN2O2. The molecule has 1 atom stereocenters. The number of ether oxygens (including phenoxy) is 2. The molecule has 0 saturated carbocycles. The lowest BCUT2D eigenvalue weighted by atomic mass is 9.84. The van der Waals surface area contributed by atoms with Crippen LogP contribution in [0.25, 0.3) is 0 Å². The highest BCUT2D eigenvalue weighted by molar-refractivity contribution is 14.1. The molecule has 3 rings (SSSR count). The van der Waals surface area contributed by atoms with E-state index in [1.54, 1.807) is 0 Å². The van der Waals surface area contributed by atoms with E-state index in [2.05, 4.69) is 27.7 Å². The minimum absolute atomic E-state index is 0.00499. The van der Waals surface area contributed by atoms with Crippen LogP contribution in [0.3, 0.4) is 0 Å². The third-order valence-corrected chi connectivity index (χ3v) is 5.28. The lowest BCUT2D eigenvalue weighted by molar-refractivity contribution is -0.145. The van der Waals surface area contributed by atoms with Gasteiger partial charge in [0.2, 0.25) is 0 Å². The Labute approximate surface area is 125 Å². The molecule has 2 aliphatic rings. The molecule has 0 bridgehead atoms. The molecule has 3 heterocycles. The number of halogens is 2. The zero-order valence-electron chi connectivity index (χ0n) is 10.1. The van der Waals surface area contributed by atoms with Gasteiger partial charge in [0.1, 0.15) is 3.70 Å². The van der Waals surface area contributed by atoms with E-state index in [4.69, 9.17) is 21.1 Å². The Kier molecular flexibility index (Phi) is 3.85. The van der Waals surface area contributed by atoms with E-state index in [1.165, 1.54) is 0 Å². The van der Waals surface area contributed by atoms with Crippen molar-refractivity contribution in [1.29, 1.82) is 0 Å². The molecule has 0 amide bonds. The standard InChI is InChI=1S/C12H16ClIN2O2/c13-10-8-16(15-11(10)14)9-1-4-18-12(7-9)2-5-17-6-3-12/h8-9H,1-7H2. The van der Waals surface area contributed by atoms with Crippen molar-refractivity contribution in [2.24, 2.45) is 0 Å². The van der Waals surface area contributed by atoms with Gasteiger partial charge in [0, 0.05) is 26.0 Å². The van der Waals surface area contributed by atoms with Gasteiger partial charge in [-0.3, -0.25) is 4.68 Å². The van der Waals surface area contributed by atoms with Crippen molar-refractivity contribution < 1.29 is 9.47 Å². The van der Waals surface area contributed by atoms with Gasteiger partial charge in [-0.15, -0.1) is 0 Å². The van der Waals surface area contributed by atoms with E-state index in [9.17, 15) is 0 Å². The molecule has 0 aliphatic carbocycles. The van der Waals surface area contributed by atoms with Gasteiger partial charge in [-0.1, -0.05) is 11.6 Å². The van der Waals surface area contributed by atoms with E-state index in [-0.39, 0.29) is 5.60 Å². The van der Waals surface area contributed by atoms with Gasteiger partial charge in [-0.25, -0.2) is 0 Å². The summed E-state index contributed by atoms with van der Waals surface area (Å²) in [6.07, 6.45) is 5.96. The van der Waals surface area contributed by atoms with Gasteiger partial charge in [0.25, 0.3) is 0 Å². The first-order valence-electron chi connectivity index (χ1n) is 6.30. The van der Waals surface area contributed by atoms with Gasteiger partial charge in [-0.2, -0.15) is 5.10 Å². The average molecular weight is 383 g/mol. The van der Waals surface area contributed by atoms with Crippen LogP contribution in [0.2, 0.25) is 5.02 Å². The third kappa shape index (κ3) is 2.55. The molecule has 0 N–H and O–H groups in total. The van der Waals surface area contributed by atoms with Crippen LogP contribution in [-0.4, -0.2) is 35.2 Å². The Morgan fingerprint density at radius 2 is 2.17 bits per heavy atom. The Hall–Kier alpha value is 0.150. The van der Waals surface area contributed by atoms with Crippen molar-refractivity contribution in [2.45, 2.75) is 37.3 Å². The Morgan fingerprint density at radius 3 is 2.83 bits per heavy atom. The fourth-order valence-electron chi connectivity index (χ4n) is 2.85. The number of hydrogen-bond acceptors (Lipinski definition) is 3. The molecule has 2 aliphatic heterocycles. The van der Waals surface area contributed by atoms with E-state index < -0.39 is 0 Å². The summed E-state index contributed by atoms with van der Waals surface area (Å²) in [6.45, 7) is 2.42. The fraction of sp³-hybridized carbons (Fsp3) is 0.750. The molecule has 2 fully saturated rings. The molecule has 2 saturated heterocycles. The Bertz CT molecular complexity index is 407. The lowest BCUT2D eigenvalue weighted by Crippen LogP contribution is -2.44. The minimum Gasteiger partial charge on any atom is -0.381 e. The highest BCUT2D eigenvalue weighted by atomic mass is 127. The van der Waals surface area contributed by atoms with E-state index >= 15 is 0 Å². The quantitative estimate of drug-likeness (QED) is 0.701. The monoisotopic (exact) mass is 382 g/mol. The van der Waals surface area contributed by atoms with Gasteiger partial charge < -0.3 is 9.47 Å². The predicted molar refractivity (Wildman–Crippen MR) is 77.0 cm³/mol. The van der Waals surface area contributed by atoms with Crippen LogP contribution in [0, 0.1) is 3.70 Å². The van der Waals surface area contributed by atoms with Crippen molar-refractivity contribution in [3.8, 4) is 0 Å². The summed E-state index contributed by atoms with van der Waals surface area (Å²) in [5.74, 6) is 0. The van der Waals surface area contributed by atoms with E-state index in [0.717, 1.165) is 54.2 Å². The van der Waals surface area contributed by atoms with Crippen LogP contribution in [0.15, 0.2) is 6.20 Å². The number of hydrogen-bond donors (Lipinski definition) is 0. The van der Waals surface area contributed by atoms with Crippen LogP contribution in [0.5, 0.6) is 0 Å². The summed E-state index contributed by atoms with van der Waals surface area (Å²) < 4.78 is 14.4. The van der Waals surface area contributed by atoms with Gasteiger partial charge in [0.15, 0.2) is 0 Å². The first-order valence-corrected chi connectivity index (χ1v) is 7.76. The maximum atomic E-state index is 6.08. The molecule has 1 aromatic rings. The molecule has 6 heteroatoms. The topological polar surface area (TPSA) is 36.3 Å². The SMILES string of the molecule is Clc1cn(C2CCOC3(CCOCC3)C2)nc1I. The highest BCUT2D eigenvalue weighted by Gasteiger charge is 2.39. The van der Waals surface area contributed by atoms with Crippen molar-refractivity contribution in [3.63, 3.8) is 0 Å². The van der Waals surface area contributed by atoms with Crippen LogP contribution >= 0.6 is 34.2 Å². The van der Waals surface area contributed by atoms with E-state index in [1.807, 2.05) is 10.9 Å². The first kappa shape index (κ1) is 13.1. The smallest absolute Gasteiger partial charge is 0.141 e. The van der Waals surface area contributed by atoms with Gasteiger partial charge in [0.05, 0.1) is 16.7 Å². The lowest BCUT2D eigenvalue weighted by Gasteiger charge is -2.43. The highest BCUT2D eigenvalue weighted by Crippen LogP contribution is 2.39. The maximum Gasteiger partial charge on any atom is 0.141 e. The largest absolute Gasteiger partial charge is 0.381 e.